The molecule has 0 saturated carbocycles. The zero-order valence-corrected chi connectivity index (χ0v) is 21.9. The normalized spacial score (nSPS) is 28.7. The summed E-state index contributed by atoms with van der Waals surface area (Å²) in [6, 6.07) is 30.2. The van der Waals surface area contributed by atoms with Crippen LogP contribution < -0.4 is 0 Å². The molecule has 0 spiro atoms. The van der Waals surface area contributed by atoms with Gasteiger partial charge < -0.3 is 28.4 Å². The van der Waals surface area contributed by atoms with E-state index in [4.69, 9.17) is 33.2 Å². The van der Waals surface area contributed by atoms with Crippen molar-refractivity contribution in [1.29, 1.82) is 0 Å². The smallest absolute Gasteiger partial charge is 0.282 e. The Labute approximate surface area is 224 Å². The van der Waals surface area contributed by atoms with Gasteiger partial charge in [-0.25, -0.2) is 0 Å². The Kier molecular flexibility index (Phi) is 9.19. The fourth-order valence-electron chi connectivity index (χ4n) is 4.84. The summed E-state index contributed by atoms with van der Waals surface area (Å²) < 4.78 is 43.8. The third kappa shape index (κ3) is 6.87. The molecule has 7 heteroatoms. The standard InChI is InChI=1S/C31H36O7/c1-3-35-31(2)37-29-28(34-21-25-17-11-6-12-18-25)27(33-20-24-15-9-5-10-16-24)26(36-30(29)38-31)22-32-19-23-13-7-4-8-14-23/h4-18,26-30H,3,19-22H2,1-2H3. The van der Waals surface area contributed by atoms with Crippen molar-refractivity contribution in [3.8, 4) is 0 Å². The lowest BCUT2D eigenvalue weighted by molar-refractivity contribution is -0.343. The van der Waals surface area contributed by atoms with Gasteiger partial charge in [0.05, 0.1) is 26.4 Å². The molecule has 2 heterocycles. The average Bonchev–Trinajstić information content (AvgIpc) is 3.28. The van der Waals surface area contributed by atoms with Gasteiger partial charge in [-0.15, -0.1) is 0 Å². The van der Waals surface area contributed by atoms with E-state index in [1.165, 1.54) is 0 Å². The number of benzene rings is 3. The zero-order chi connectivity index (χ0) is 26.2. The molecule has 6 unspecified atom stereocenters. The van der Waals surface area contributed by atoms with Crippen LogP contribution in [0.1, 0.15) is 30.5 Å². The zero-order valence-electron chi connectivity index (χ0n) is 21.9. The molecule has 0 N–H and O–H groups in total. The molecule has 2 fully saturated rings. The van der Waals surface area contributed by atoms with Gasteiger partial charge >= 0.3 is 0 Å². The van der Waals surface area contributed by atoms with Crippen LogP contribution in [0.2, 0.25) is 0 Å². The summed E-state index contributed by atoms with van der Waals surface area (Å²) in [5, 5.41) is 0. The van der Waals surface area contributed by atoms with Crippen LogP contribution >= 0.6 is 0 Å². The topological polar surface area (TPSA) is 64.6 Å². The van der Waals surface area contributed by atoms with Crippen molar-refractivity contribution in [3.05, 3.63) is 108 Å². The predicted octanol–water partition coefficient (Wildman–Crippen LogP) is 5.22. The van der Waals surface area contributed by atoms with Gasteiger partial charge in [0, 0.05) is 13.5 Å². The molecule has 0 radical (unpaired) electrons. The van der Waals surface area contributed by atoms with Crippen molar-refractivity contribution in [3.63, 3.8) is 0 Å². The Bertz CT molecular complexity index is 1100. The van der Waals surface area contributed by atoms with Gasteiger partial charge in [-0.05, 0) is 23.6 Å². The van der Waals surface area contributed by atoms with Crippen molar-refractivity contribution in [2.75, 3.05) is 13.2 Å². The van der Waals surface area contributed by atoms with Crippen LogP contribution in [0.5, 0.6) is 0 Å². The summed E-state index contributed by atoms with van der Waals surface area (Å²) in [7, 11) is 0. The summed E-state index contributed by atoms with van der Waals surface area (Å²) in [6.45, 7) is 5.65. The van der Waals surface area contributed by atoms with E-state index in [0.717, 1.165) is 16.7 Å². The molecule has 0 amide bonds. The molecule has 3 aromatic rings. The SMILES string of the molecule is CCOC1(C)OC2OC(COCc3ccccc3)C(OCc3ccccc3)C(OCc3ccccc3)C2O1. The highest BCUT2D eigenvalue weighted by Crippen LogP contribution is 2.40. The Morgan fingerprint density at radius 1 is 0.684 bits per heavy atom. The van der Waals surface area contributed by atoms with Gasteiger partial charge in [-0.3, -0.25) is 4.74 Å². The molecule has 2 aliphatic rings. The van der Waals surface area contributed by atoms with Crippen molar-refractivity contribution in [2.24, 2.45) is 0 Å². The van der Waals surface area contributed by atoms with E-state index in [1.807, 2.05) is 97.9 Å². The number of hydrogen-bond acceptors (Lipinski definition) is 7. The molecule has 2 saturated heterocycles. The fourth-order valence-corrected chi connectivity index (χ4v) is 4.84. The van der Waals surface area contributed by atoms with Gasteiger partial charge in [-0.1, -0.05) is 91.0 Å². The Morgan fingerprint density at radius 3 is 1.76 bits per heavy atom. The predicted molar refractivity (Wildman–Crippen MR) is 141 cm³/mol. The highest BCUT2D eigenvalue weighted by molar-refractivity contribution is 5.15. The van der Waals surface area contributed by atoms with E-state index in [-0.39, 0.29) is 0 Å². The molecule has 6 atom stereocenters. The molecule has 38 heavy (non-hydrogen) atoms. The van der Waals surface area contributed by atoms with Gasteiger partial charge in [-0.2, -0.15) is 0 Å². The molecule has 2 aliphatic heterocycles. The number of fused-ring (bicyclic) bond motifs is 1. The minimum absolute atomic E-state index is 0.303. The molecule has 202 valence electrons. The monoisotopic (exact) mass is 520 g/mol. The van der Waals surface area contributed by atoms with Crippen LogP contribution in [0.3, 0.4) is 0 Å². The van der Waals surface area contributed by atoms with Gasteiger partial charge in [0.15, 0.2) is 6.29 Å². The first kappa shape index (κ1) is 27.0. The van der Waals surface area contributed by atoms with Gasteiger partial charge in [0.25, 0.3) is 5.97 Å². The Morgan fingerprint density at radius 2 is 1.21 bits per heavy atom. The maximum absolute atomic E-state index is 6.53. The van der Waals surface area contributed by atoms with Crippen LogP contribution in [0.25, 0.3) is 0 Å². The van der Waals surface area contributed by atoms with E-state index < -0.39 is 36.7 Å². The van der Waals surface area contributed by atoms with E-state index in [2.05, 4.69) is 0 Å². The average molecular weight is 521 g/mol. The molecule has 0 bridgehead atoms. The lowest BCUT2D eigenvalue weighted by Gasteiger charge is -2.42. The first-order valence-electron chi connectivity index (χ1n) is 13.2. The quantitative estimate of drug-likeness (QED) is 0.324. The molecule has 3 aromatic carbocycles. The largest absolute Gasteiger partial charge is 0.374 e. The highest BCUT2D eigenvalue weighted by Gasteiger charge is 2.57. The van der Waals surface area contributed by atoms with E-state index in [1.54, 1.807) is 6.92 Å². The van der Waals surface area contributed by atoms with E-state index in [0.29, 0.717) is 33.0 Å². The van der Waals surface area contributed by atoms with Gasteiger partial charge in [0.1, 0.15) is 24.4 Å². The summed E-state index contributed by atoms with van der Waals surface area (Å²) in [4.78, 5) is 0. The molecule has 7 nitrogen and oxygen atoms in total. The first-order chi connectivity index (χ1) is 18.6. The maximum Gasteiger partial charge on any atom is 0.282 e. The summed E-state index contributed by atoms with van der Waals surface area (Å²) in [6.07, 6.45) is -2.62. The number of hydrogen-bond donors (Lipinski definition) is 0. The first-order valence-corrected chi connectivity index (χ1v) is 13.2. The number of rotatable bonds is 12. The molecular formula is C31H36O7. The van der Waals surface area contributed by atoms with Crippen molar-refractivity contribution >= 4 is 0 Å². The highest BCUT2D eigenvalue weighted by atomic mass is 16.9. The van der Waals surface area contributed by atoms with Crippen LogP contribution in [0.4, 0.5) is 0 Å². The van der Waals surface area contributed by atoms with Crippen LogP contribution in [-0.2, 0) is 53.0 Å². The third-order valence-corrected chi connectivity index (χ3v) is 6.64. The van der Waals surface area contributed by atoms with E-state index >= 15 is 0 Å². The van der Waals surface area contributed by atoms with Crippen LogP contribution in [0.15, 0.2) is 91.0 Å². The van der Waals surface area contributed by atoms with Gasteiger partial charge in [0.2, 0.25) is 0 Å². The van der Waals surface area contributed by atoms with E-state index in [9.17, 15) is 0 Å². The molecule has 0 aromatic heterocycles. The molecule has 0 aliphatic carbocycles. The molecular weight excluding hydrogens is 484 g/mol. The lowest BCUT2D eigenvalue weighted by Crippen LogP contribution is -2.59. The van der Waals surface area contributed by atoms with Crippen molar-refractivity contribution in [2.45, 2.75) is 70.3 Å². The summed E-state index contributed by atoms with van der Waals surface area (Å²) >= 11 is 0. The summed E-state index contributed by atoms with van der Waals surface area (Å²) in [5.74, 6) is -1.23. The second-order valence-electron chi connectivity index (χ2n) is 9.56. The van der Waals surface area contributed by atoms with Crippen molar-refractivity contribution < 1.29 is 33.2 Å². The Hall–Kier alpha value is -2.62. The maximum atomic E-state index is 6.53. The minimum Gasteiger partial charge on any atom is -0.374 e. The van der Waals surface area contributed by atoms with Crippen LogP contribution in [0, 0.1) is 0 Å². The third-order valence-electron chi connectivity index (χ3n) is 6.64. The minimum atomic E-state index is -1.23. The van der Waals surface area contributed by atoms with Crippen LogP contribution in [-0.4, -0.2) is 49.9 Å². The Balaban J connectivity index is 1.37. The fraction of sp³-hybridized carbons (Fsp3) is 0.419. The van der Waals surface area contributed by atoms with Crippen molar-refractivity contribution in [1.82, 2.24) is 0 Å². The summed E-state index contributed by atoms with van der Waals surface area (Å²) in [5.41, 5.74) is 3.20. The lowest BCUT2D eigenvalue weighted by atomic mass is 9.98. The second kappa shape index (κ2) is 13.0. The number of ether oxygens (including phenoxy) is 7. The molecule has 5 rings (SSSR count). The second-order valence-corrected chi connectivity index (χ2v) is 9.56.